The Morgan fingerprint density at radius 2 is 1.78 bits per heavy atom. The number of carbonyl (C=O) groups is 2. The second kappa shape index (κ2) is 6.73. The van der Waals surface area contributed by atoms with Crippen LogP contribution in [0.5, 0.6) is 0 Å². The number of carbonyl (C=O) groups excluding carboxylic acids is 1. The lowest BCUT2D eigenvalue weighted by Crippen LogP contribution is -2.50. The van der Waals surface area contributed by atoms with Crippen LogP contribution in [0.2, 0.25) is 0 Å². The van der Waals surface area contributed by atoms with Gasteiger partial charge in [-0.25, -0.2) is 0 Å². The van der Waals surface area contributed by atoms with E-state index < -0.39 is 17.9 Å². The zero-order valence-electron chi connectivity index (χ0n) is 12.0. The summed E-state index contributed by atoms with van der Waals surface area (Å²) in [6, 6.07) is -0.633. The maximum absolute atomic E-state index is 11.8. The lowest BCUT2D eigenvalue weighted by Gasteiger charge is -2.26. The average molecular weight is 258 g/mol. The van der Waals surface area contributed by atoms with Crippen LogP contribution in [0.3, 0.4) is 0 Å². The number of nitrogens with two attached hydrogens (primary N) is 1. The number of hydrogen-bond acceptors (Lipinski definition) is 3. The molecule has 5 heteroatoms. The molecule has 0 aliphatic carbocycles. The van der Waals surface area contributed by atoms with Crippen molar-refractivity contribution in [3.63, 3.8) is 0 Å². The van der Waals surface area contributed by atoms with Crippen molar-refractivity contribution in [1.29, 1.82) is 0 Å². The third-order valence-corrected chi connectivity index (χ3v) is 2.84. The quantitative estimate of drug-likeness (QED) is 0.668. The maximum Gasteiger partial charge on any atom is 0.308 e. The molecule has 18 heavy (non-hydrogen) atoms. The minimum absolute atomic E-state index is 0.135. The Kier molecular flexibility index (Phi) is 6.32. The van der Waals surface area contributed by atoms with Gasteiger partial charge in [-0.2, -0.15) is 0 Å². The molecule has 0 saturated heterocycles. The molecule has 0 bridgehead atoms. The van der Waals surface area contributed by atoms with E-state index in [2.05, 4.69) is 5.32 Å². The van der Waals surface area contributed by atoms with Gasteiger partial charge in [-0.1, -0.05) is 34.6 Å². The van der Waals surface area contributed by atoms with Crippen molar-refractivity contribution in [1.82, 2.24) is 5.32 Å². The molecule has 0 saturated carbocycles. The van der Waals surface area contributed by atoms with Crippen LogP contribution >= 0.6 is 0 Å². The van der Waals surface area contributed by atoms with E-state index in [0.29, 0.717) is 6.42 Å². The molecule has 0 fully saturated rings. The van der Waals surface area contributed by atoms with Crippen LogP contribution in [-0.4, -0.2) is 29.6 Å². The minimum Gasteiger partial charge on any atom is -0.481 e. The number of carboxylic acid groups (broad SMARTS) is 1. The fourth-order valence-corrected chi connectivity index (χ4v) is 1.57. The van der Waals surface area contributed by atoms with Crippen molar-refractivity contribution >= 4 is 11.9 Å². The molecule has 106 valence electrons. The predicted octanol–water partition coefficient (Wildman–Crippen LogP) is 1.22. The minimum atomic E-state index is -0.881. The summed E-state index contributed by atoms with van der Waals surface area (Å²) in [4.78, 5) is 22.8. The molecule has 0 aliphatic heterocycles. The van der Waals surface area contributed by atoms with E-state index in [9.17, 15) is 9.59 Å². The van der Waals surface area contributed by atoms with Gasteiger partial charge < -0.3 is 16.2 Å². The largest absolute Gasteiger partial charge is 0.481 e. The molecule has 0 aromatic heterocycles. The van der Waals surface area contributed by atoms with Gasteiger partial charge in [0.05, 0.1) is 12.0 Å². The normalized spacial score (nSPS) is 15.3. The number of nitrogens with one attached hydrogen (secondary N) is 1. The lowest BCUT2D eigenvalue weighted by atomic mass is 9.87. The van der Waals surface area contributed by atoms with Crippen molar-refractivity contribution in [3.8, 4) is 0 Å². The number of carboxylic acids is 1. The van der Waals surface area contributed by atoms with E-state index in [1.54, 1.807) is 0 Å². The fourth-order valence-electron chi connectivity index (χ4n) is 1.57. The summed E-state index contributed by atoms with van der Waals surface area (Å²) in [5.41, 5.74) is 5.47. The standard InChI is InChI=1S/C13H26N2O3/c1-8(2)6-9(12(17)18)7-15-11(16)10(14)13(3,4)5/h8-10H,6-7,14H2,1-5H3,(H,15,16)(H,17,18). The molecule has 0 aliphatic rings. The van der Waals surface area contributed by atoms with Crippen LogP contribution in [-0.2, 0) is 9.59 Å². The summed E-state index contributed by atoms with van der Waals surface area (Å²) >= 11 is 0. The summed E-state index contributed by atoms with van der Waals surface area (Å²) in [5.74, 6) is -1.45. The second-order valence-corrected chi connectivity index (χ2v) is 6.25. The van der Waals surface area contributed by atoms with Crippen molar-refractivity contribution in [2.45, 2.75) is 47.1 Å². The van der Waals surface area contributed by atoms with Gasteiger partial charge in [0.2, 0.25) is 5.91 Å². The monoisotopic (exact) mass is 258 g/mol. The van der Waals surface area contributed by atoms with Gasteiger partial charge in [-0.15, -0.1) is 0 Å². The van der Waals surface area contributed by atoms with Crippen LogP contribution in [0.25, 0.3) is 0 Å². The van der Waals surface area contributed by atoms with Crippen molar-refractivity contribution in [3.05, 3.63) is 0 Å². The van der Waals surface area contributed by atoms with E-state index in [1.165, 1.54) is 0 Å². The molecule has 0 aromatic rings. The Morgan fingerprint density at radius 3 is 2.11 bits per heavy atom. The SMILES string of the molecule is CC(C)CC(CNC(=O)C(N)C(C)(C)C)C(=O)O. The molecule has 2 atom stereocenters. The van der Waals surface area contributed by atoms with E-state index in [1.807, 2.05) is 34.6 Å². The summed E-state index contributed by atoms with van der Waals surface area (Å²) < 4.78 is 0. The van der Waals surface area contributed by atoms with E-state index in [0.717, 1.165) is 0 Å². The summed E-state index contributed by atoms with van der Waals surface area (Å²) in [7, 11) is 0. The molecular formula is C13H26N2O3. The van der Waals surface area contributed by atoms with Gasteiger partial charge in [-0.3, -0.25) is 9.59 Å². The van der Waals surface area contributed by atoms with Crippen LogP contribution in [0.15, 0.2) is 0 Å². The van der Waals surface area contributed by atoms with Gasteiger partial charge in [0.1, 0.15) is 0 Å². The van der Waals surface area contributed by atoms with Crippen LogP contribution in [0.1, 0.15) is 41.0 Å². The average Bonchev–Trinajstić information content (AvgIpc) is 2.20. The molecule has 2 unspecified atom stereocenters. The zero-order valence-corrected chi connectivity index (χ0v) is 12.0. The first-order chi connectivity index (χ1) is 8.05. The summed E-state index contributed by atoms with van der Waals surface area (Å²) in [6.45, 7) is 9.67. The number of amides is 1. The third-order valence-electron chi connectivity index (χ3n) is 2.84. The van der Waals surface area contributed by atoms with Crippen molar-refractivity contribution in [2.24, 2.45) is 23.0 Å². The molecule has 0 radical (unpaired) electrons. The van der Waals surface area contributed by atoms with Gasteiger partial charge in [0, 0.05) is 6.54 Å². The Labute approximate surface area is 109 Å². The molecule has 0 rings (SSSR count). The molecule has 4 N–H and O–H groups in total. The van der Waals surface area contributed by atoms with Crippen LogP contribution in [0, 0.1) is 17.3 Å². The molecule has 1 amide bonds. The number of hydrogen-bond donors (Lipinski definition) is 3. The highest BCUT2D eigenvalue weighted by Gasteiger charge is 2.28. The molecular weight excluding hydrogens is 232 g/mol. The maximum atomic E-state index is 11.8. The molecule has 0 heterocycles. The molecule has 5 nitrogen and oxygen atoms in total. The second-order valence-electron chi connectivity index (χ2n) is 6.25. The summed E-state index contributed by atoms with van der Waals surface area (Å²) in [5, 5.41) is 11.7. The Morgan fingerprint density at radius 1 is 1.28 bits per heavy atom. The first-order valence-corrected chi connectivity index (χ1v) is 6.31. The van der Waals surface area contributed by atoms with Gasteiger partial charge in [0.25, 0.3) is 0 Å². The predicted molar refractivity (Wildman–Crippen MR) is 71.0 cm³/mol. The van der Waals surface area contributed by atoms with E-state index >= 15 is 0 Å². The highest BCUT2D eigenvalue weighted by Crippen LogP contribution is 2.17. The smallest absolute Gasteiger partial charge is 0.308 e. The lowest BCUT2D eigenvalue weighted by molar-refractivity contribution is -0.142. The van der Waals surface area contributed by atoms with Crippen molar-refractivity contribution in [2.75, 3.05) is 6.54 Å². The first-order valence-electron chi connectivity index (χ1n) is 6.31. The Hall–Kier alpha value is -1.10. The fraction of sp³-hybridized carbons (Fsp3) is 0.846. The number of rotatable bonds is 6. The highest BCUT2D eigenvalue weighted by atomic mass is 16.4. The zero-order chi connectivity index (χ0) is 14.5. The van der Waals surface area contributed by atoms with Crippen LogP contribution < -0.4 is 11.1 Å². The van der Waals surface area contributed by atoms with E-state index in [-0.39, 0.29) is 23.8 Å². The van der Waals surface area contributed by atoms with Gasteiger partial charge >= 0.3 is 5.97 Å². The molecule has 0 spiro atoms. The Bertz CT molecular complexity index is 295. The van der Waals surface area contributed by atoms with E-state index in [4.69, 9.17) is 10.8 Å². The number of aliphatic carboxylic acids is 1. The first kappa shape index (κ1) is 16.9. The molecule has 0 aromatic carbocycles. The topological polar surface area (TPSA) is 92.4 Å². The van der Waals surface area contributed by atoms with Crippen LogP contribution in [0.4, 0.5) is 0 Å². The highest BCUT2D eigenvalue weighted by molar-refractivity contribution is 5.82. The summed E-state index contributed by atoms with van der Waals surface area (Å²) in [6.07, 6.45) is 0.542. The third kappa shape index (κ3) is 6.00. The van der Waals surface area contributed by atoms with Gasteiger partial charge in [0.15, 0.2) is 0 Å². The Balaban J connectivity index is 4.36. The van der Waals surface area contributed by atoms with Gasteiger partial charge in [-0.05, 0) is 17.8 Å². The van der Waals surface area contributed by atoms with Crippen molar-refractivity contribution < 1.29 is 14.7 Å².